The molecule has 1 heteroatoms. The van der Waals surface area contributed by atoms with E-state index in [2.05, 4.69) is 23.2 Å². The molecule has 1 nitrogen and oxygen atoms in total. The fourth-order valence-electron chi connectivity index (χ4n) is 1.42. The number of nitrogens with one attached hydrogen (secondary N) is 1. The monoisotopic (exact) mass is 183 g/mol. The van der Waals surface area contributed by atoms with Gasteiger partial charge in [-0.25, -0.2) is 0 Å². The van der Waals surface area contributed by atoms with E-state index in [-0.39, 0.29) is 0 Å². The van der Waals surface area contributed by atoms with Crippen LogP contribution in [-0.4, -0.2) is 6.54 Å². The summed E-state index contributed by atoms with van der Waals surface area (Å²) in [5.41, 5.74) is 1.10. The highest BCUT2D eigenvalue weighted by Crippen LogP contribution is 2.06. The van der Waals surface area contributed by atoms with Gasteiger partial charge in [-0.15, -0.1) is 0 Å². The first-order valence-corrected chi connectivity index (χ1v) is 4.92. The molecule has 0 bridgehead atoms. The van der Waals surface area contributed by atoms with Crippen LogP contribution in [0.4, 0.5) is 0 Å². The third kappa shape index (κ3) is 2.40. The van der Waals surface area contributed by atoms with Gasteiger partial charge >= 0.3 is 0 Å². The quantitative estimate of drug-likeness (QED) is 0.608. The van der Waals surface area contributed by atoms with E-state index in [1.165, 1.54) is 0 Å². The zero-order valence-electron chi connectivity index (χ0n) is 8.03. The van der Waals surface area contributed by atoms with Crippen LogP contribution in [0.1, 0.15) is 12.0 Å². The Morgan fingerprint density at radius 2 is 2.07 bits per heavy atom. The molecular weight excluding hydrogens is 170 g/mol. The van der Waals surface area contributed by atoms with E-state index in [4.69, 9.17) is 0 Å². The number of allylic oxidation sites excluding steroid dienone is 1. The second-order valence-electron chi connectivity index (χ2n) is 3.34. The molecule has 0 saturated carbocycles. The van der Waals surface area contributed by atoms with Crippen LogP contribution in [0.5, 0.6) is 0 Å². The van der Waals surface area contributed by atoms with Crippen molar-refractivity contribution >= 4 is 0 Å². The number of hydrogen-bond donors (Lipinski definition) is 1. The van der Waals surface area contributed by atoms with Crippen molar-refractivity contribution < 1.29 is 0 Å². The highest BCUT2D eigenvalue weighted by Gasteiger charge is 2.02. The summed E-state index contributed by atoms with van der Waals surface area (Å²) >= 11 is 0. The maximum Gasteiger partial charge on any atom is 0.0419 e. The molecule has 0 saturated heterocycles. The summed E-state index contributed by atoms with van der Waals surface area (Å²) < 4.78 is 0. The van der Waals surface area contributed by atoms with Gasteiger partial charge in [-0.1, -0.05) is 36.1 Å². The van der Waals surface area contributed by atoms with Crippen molar-refractivity contribution in [1.29, 1.82) is 0 Å². The summed E-state index contributed by atoms with van der Waals surface area (Å²) in [5.74, 6) is 6.86. The summed E-state index contributed by atoms with van der Waals surface area (Å²) in [6.45, 7) is 1.03. The summed E-state index contributed by atoms with van der Waals surface area (Å²) in [6, 6.07) is 10.1. The van der Waals surface area contributed by atoms with Crippen LogP contribution in [0, 0.1) is 17.8 Å². The van der Waals surface area contributed by atoms with Crippen molar-refractivity contribution in [3.63, 3.8) is 0 Å². The lowest BCUT2D eigenvalue weighted by Gasteiger charge is -2.10. The van der Waals surface area contributed by atoms with E-state index < -0.39 is 0 Å². The lowest BCUT2D eigenvalue weighted by Crippen LogP contribution is -2.15. The SMILES string of the molecule is C(#CC1C=CNCC1)c1ccccc1. The van der Waals surface area contributed by atoms with Gasteiger partial charge in [0.2, 0.25) is 0 Å². The minimum absolute atomic E-state index is 0.413. The Balaban J connectivity index is 2.06. The zero-order chi connectivity index (χ0) is 9.64. The number of benzene rings is 1. The van der Waals surface area contributed by atoms with Gasteiger partial charge in [-0.3, -0.25) is 0 Å². The molecule has 0 fully saturated rings. The normalized spacial score (nSPS) is 19.3. The fraction of sp³-hybridized carbons (Fsp3) is 0.231. The maximum atomic E-state index is 3.26. The van der Waals surface area contributed by atoms with E-state index in [1.54, 1.807) is 0 Å². The molecule has 1 aliphatic rings. The molecule has 0 aromatic heterocycles. The first kappa shape index (κ1) is 8.90. The minimum Gasteiger partial charge on any atom is -0.391 e. The average molecular weight is 183 g/mol. The van der Waals surface area contributed by atoms with Crippen LogP contribution in [0.3, 0.4) is 0 Å². The smallest absolute Gasteiger partial charge is 0.0419 e. The molecule has 14 heavy (non-hydrogen) atoms. The highest BCUT2D eigenvalue weighted by atomic mass is 14.8. The van der Waals surface area contributed by atoms with E-state index in [9.17, 15) is 0 Å². The van der Waals surface area contributed by atoms with Gasteiger partial charge in [-0.05, 0) is 24.8 Å². The zero-order valence-corrected chi connectivity index (χ0v) is 8.03. The molecule has 1 heterocycles. The second-order valence-corrected chi connectivity index (χ2v) is 3.34. The van der Waals surface area contributed by atoms with Crippen molar-refractivity contribution in [3.05, 3.63) is 48.2 Å². The number of hydrogen-bond acceptors (Lipinski definition) is 1. The molecule has 0 spiro atoms. The van der Waals surface area contributed by atoms with Crippen LogP contribution < -0.4 is 5.32 Å². The molecule has 0 aliphatic carbocycles. The largest absolute Gasteiger partial charge is 0.391 e. The van der Waals surface area contributed by atoms with Gasteiger partial charge in [0.25, 0.3) is 0 Å². The average Bonchev–Trinajstić information content (AvgIpc) is 2.29. The Morgan fingerprint density at radius 1 is 1.21 bits per heavy atom. The van der Waals surface area contributed by atoms with Crippen LogP contribution in [0.15, 0.2) is 42.6 Å². The third-order valence-corrected chi connectivity index (χ3v) is 2.22. The van der Waals surface area contributed by atoms with Gasteiger partial charge in [0, 0.05) is 18.0 Å². The Kier molecular flexibility index (Phi) is 2.88. The molecule has 1 aromatic rings. The molecule has 70 valence electrons. The highest BCUT2D eigenvalue weighted by molar-refractivity contribution is 5.34. The van der Waals surface area contributed by atoms with E-state index in [1.807, 2.05) is 36.5 Å². The van der Waals surface area contributed by atoms with E-state index in [0.717, 1.165) is 18.5 Å². The van der Waals surface area contributed by atoms with Gasteiger partial charge < -0.3 is 5.32 Å². The standard InChI is InChI=1S/C13H13N/c1-2-4-12(5-3-1)6-7-13-8-10-14-11-9-13/h1-5,8,10,13-14H,9,11H2. The molecule has 1 atom stereocenters. The van der Waals surface area contributed by atoms with Crippen molar-refractivity contribution in [3.8, 4) is 11.8 Å². The van der Waals surface area contributed by atoms with Crippen molar-refractivity contribution in [2.75, 3.05) is 6.54 Å². The molecular formula is C13H13N. The van der Waals surface area contributed by atoms with Crippen molar-refractivity contribution in [1.82, 2.24) is 5.32 Å². The van der Waals surface area contributed by atoms with Crippen molar-refractivity contribution in [2.24, 2.45) is 5.92 Å². The van der Waals surface area contributed by atoms with Crippen LogP contribution in [0.2, 0.25) is 0 Å². The molecule has 0 amide bonds. The Morgan fingerprint density at radius 3 is 2.79 bits per heavy atom. The minimum atomic E-state index is 0.413. The maximum absolute atomic E-state index is 3.26. The topological polar surface area (TPSA) is 12.0 Å². The van der Waals surface area contributed by atoms with E-state index >= 15 is 0 Å². The lowest BCUT2D eigenvalue weighted by atomic mass is 10.0. The molecule has 0 radical (unpaired) electrons. The summed E-state index contributed by atoms with van der Waals surface area (Å²) in [6.07, 6.45) is 5.23. The summed E-state index contributed by atoms with van der Waals surface area (Å²) in [5, 5.41) is 3.16. The van der Waals surface area contributed by atoms with Gasteiger partial charge in [-0.2, -0.15) is 0 Å². The molecule has 1 N–H and O–H groups in total. The predicted molar refractivity (Wildman–Crippen MR) is 58.6 cm³/mol. The molecule has 1 unspecified atom stereocenters. The van der Waals surface area contributed by atoms with Crippen LogP contribution in [-0.2, 0) is 0 Å². The predicted octanol–water partition coefficient (Wildman–Crippen LogP) is 2.16. The van der Waals surface area contributed by atoms with Gasteiger partial charge in [0.05, 0.1) is 0 Å². The Bertz CT molecular complexity index is 367. The van der Waals surface area contributed by atoms with Gasteiger partial charge in [0.15, 0.2) is 0 Å². The Hall–Kier alpha value is -1.68. The fourth-order valence-corrected chi connectivity index (χ4v) is 1.42. The van der Waals surface area contributed by atoms with Crippen molar-refractivity contribution in [2.45, 2.75) is 6.42 Å². The van der Waals surface area contributed by atoms with Gasteiger partial charge in [0.1, 0.15) is 0 Å². The number of rotatable bonds is 0. The molecule has 1 aromatic carbocycles. The Labute approximate surface area is 84.8 Å². The van der Waals surface area contributed by atoms with E-state index in [0.29, 0.717) is 5.92 Å². The third-order valence-electron chi connectivity index (χ3n) is 2.22. The summed E-state index contributed by atoms with van der Waals surface area (Å²) in [4.78, 5) is 0. The second kappa shape index (κ2) is 4.53. The first-order chi connectivity index (χ1) is 6.95. The molecule has 2 rings (SSSR count). The summed E-state index contributed by atoms with van der Waals surface area (Å²) in [7, 11) is 0. The lowest BCUT2D eigenvalue weighted by molar-refractivity contribution is 0.649. The first-order valence-electron chi connectivity index (χ1n) is 4.92. The molecule has 1 aliphatic heterocycles. The van der Waals surface area contributed by atoms with Crippen LogP contribution >= 0.6 is 0 Å². The van der Waals surface area contributed by atoms with Crippen LogP contribution in [0.25, 0.3) is 0 Å².